The number of fused-ring (bicyclic) bond motifs is 9. The third kappa shape index (κ3) is 7.47. The number of nitrogens with one attached hydrogen (secondary N) is 2. The van der Waals surface area contributed by atoms with Gasteiger partial charge in [0.2, 0.25) is 12.7 Å². The van der Waals surface area contributed by atoms with E-state index < -0.39 is 71.0 Å². The monoisotopic (exact) mass is 837 g/mol. The number of hydrogen-bond acceptors (Lipinski definition) is 16. The number of hydrogen-bond donors (Lipinski definition) is 2. The zero-order valence-electron chi connectivity index (χ0n) is 34.9. The van der Waals surface area contributed by atoms with Gasteiger partial charge in [0.25, 0.3) is 0 Å². The topological polar surface area (TPSA) is 196 Å². The minimum atomic E-state index is -1.17. The Morgan fingerprint density at radius 2 is 1.80 bits per heavy atom. The van der Waals surface area contributed by atoms with Crippen molar-refractivity contribution in [3.05, 3.63) is 39.4 Å². The van der Waals surface area contributed by atoms with Gasteiger partial charge in [-0.2, -0.15) is 5.26 Å². The van der Waals surface area contributed by atoms with Crippen LogP contribution in [0.3, 0.4) is 0 Å². The number of carbonyl (C=O) groups is 4. The van der Waals surface area contributed by atoms with Gasteiger partial charge in [-0.15, -0.1) is 11.8 Å². The van der Waals surface area contributed by atoms with E-state index in [1.54, 1.807) is 41.9 Å². The van der Waals surface area contributed by atoms with E-state index in [9.17, 15) is 24.4 Å². The third-order valence-corrected chi connectivity index (χ3v) is 12.8. The third-order valence-electron chi connectivity index (χ3n) is 11.4. The van der Waals surface area contributed by atoms with Crippen molar-refractivity contribution in [1.29, 1.82) is 5.26 Å². The van der Waals surface area contributed by atoms with Gasteiger partial charge in [-0.05, 0) is 66.1 Å². The molecule has 18 heteroatoms. The van der Waals surface area contributed by atoms with Crippen molar-refractivity contribution in [2.45, 2.75) is 108 Å². The summed E-state index contributed by atoms with van der Waals surface area (Å²) in [4.78, 5) is 57.4. The summed E-state index contributed by atoms with van der Waals surface area (Å²) in [7, 11) is 5.12. The van der Waals surface area contributed by atoms with Gasteiger partial charge >= 0.3 is 18.0 Å². The maximum atomic E-state index is 14.0. The smallest absolute Gasteiger partial charge is 0.408 e. The summed E-state index contributed by atoms with van der Waals surface area (Å²) in [6, 6.07) is -0.372. The lowest BCUT2D eigenvalue weighted by molar-refractivity contribution is -0.152. The number of benzene rings is 2. The molecule has 0 saturated carbocycles. The summed E-state index contributed by atoms with van der Waals surface area (Å²) in [6.07, 6.45) is -0.285. The Balaban J connectivity index is 1.41. The Morgan fingerprint density at radius 3 is 2.46 bits per heavy atom. The lowest BCUT2D eigenvalue weighted by Crippen LogP contribution is -2.69. The highest BCUT2D eigenvalue weighted by molar-refractivity contribution is 7.99. The molecule has 2 amide bonds. The van der Waals surface area contributed by atoms with Crippen LogP contribution in [0.4, 0.5) is 4.79 Å². The maximum Gasteiger partial charge on any atom is 0.408 e. The molecule has 5 heterocycles. The average molecular weight is 838 g/mol. The van der Waals surface area contributed by atoms with Crippen LogP contribution in [0.2, 0.25) is 0 Å². The van der Waals surface area contributed by atoms with Gasteiger partial charge in [-0.25, -0.2) is 9.59 Å². The molecule has 5 aliphatic heterocycles. The highest BCUT2D eigenvalue weighted by atomic mass is 32.2. The highest BCUT2D eigenvalue weighted by Gasteiger charge is 2.61. The number of amides is 2. The number of rotatable bonds is 8. The number of cyclic esters (lactones) is 1. The van der Waals surface area contributed by atoms with Crippen molar-refractivity contribution in [2.75, 3.05) is 47.2 Å². The number of thioether (sulfide) groups is 1. The van der Waals surface area contributed by atoms with Crippen LogP contribution in [-0.2, 0) is 35.0 Å². The molecule has 5 aliphatic rings. The van der Waals surface area contributed by atoms with Gasteiger partial charge in [-0.3, -0.25) is 19.4 Å². The number of methoxy groups -OCH3 is 2. The minimum absolute atomic E-state index is 0.00988. The van der Waals surface area contributed by atoms with Crippen molar-refractivity contribution in [1.82, 2.24) is 20.4 Å². The summed E-state index contributed by atoms with van der Waals surface area (Å²) in [6.45, 7) is 11.3. The van der Waals surface area contributed by atoms with Crippen LogP contribution in [0, 0.1) is 25.2 Å². The van der Waals surface area contributed by atoms with Crippen LogP contribution in [0.25, 0.3) is 0 Å². The van der Waals surface area contributed by atoms with E-state index in [4.69, 9.17) is 37.9 Å². The second kappa shape index (κ2) is 16.2. The second-order valence-corrected chi connectivity index (χ2v) is 17.5. The lowest BCUT2D eigenvalue weighted by Gasteiger charge is -2.61. The van der Waals surface area contributed by atoms with Crippen LogP contribution in [0.5, 0.6) is 28.7 Å². The second-order valence-electron chi connectivity index (χ2n) is 16.3. The average Bonchev–Trinajstić information content (AvgIpc) is 3.65. The molecule has 4 bridgehead atoms. The molecule has 59 heavy (non-hydrogen) atoms. The fraction of sp³-hybridized carbons (Fsp3) is 0.585. The van der Waals surface area contributed by atoms with Crippen molar-refractivity contribution in [2.24, 2.45) is 0 Å². The molecule has 2 fully saturated rings. The van der Waals surface area contributed by atoms with Crippen LogP contribution < -0.4 is 34.3 Å². The van der Waals surface area contributed by atoms with Crippen LogP contribution >= 0.6 is 11.8 Å². The first-order chi connectivity index (χ1) is 28.0. The van der Waals surface area contributed by atoms with Gasteiger partial charge in [0.1, 0.15) is 36.1 Å². The van der Waals surface area contributed by atoms with Gasteiger partial charge in [-0.1, -0.05) is 6.07 Å². The Labute approximate surface area is 347 Å². The maximum absolute atomic E-state index is 14.0. The number of nitrogens with zero attached hydrogens (tertiary/aromatic N) is 3. The zero-order chi connectivity index (χ0) is 42.7. The Morgan fingerprint density at radius 1 is 1.07 bits per heavy atom. The number of carbonyl (C=O) groups excluding carboxylic acids is 4. The molecular formula is C41H51N5O12S. The fourth-order valence-electron chi connectivity index (χ4n) is 9.15. The van der Waals surface area contributed by atoms with E-state index in [1.165, 1.54) is 25.6 Å². The van der Waals surface area contributed by atoms with E-state index in [-0.39, 0.29) is 37.7 Å². The molecule has 2 aromatic carbocycles. The largest absolute Gasteiger partial charge is 0.493 e. The standard InChI is InChI=1S/C41H51N5O12S/c1-18-11-22-12-24-25(13-42)46-26-14-53-39(49)23(44-38(48)20(3)43-40(50)58-41(5,6)7)15-59-37(29-28(26)36-34(55-17-56-36)19(2)33(29)57-21(4)47)31(46)30(45(24)8)27(22)35(32(18)52-10)54-16-51-9/h11,20,23-26,30-31,37H,12,14-17H2,1-10H3,(H,43,50)(H,44,48)/t20?,23-,24-,25-,26-,30+,31?,37+/m0/s1. The van der Waals surface area contributed by atoms with Gasteiger partial charge in [0, 0.05) is 54.1 Å². The predicted molar refractivity (Wildman–Crippen MR) is 212 cm³/mol. The molecule has 2 N–H and O–H groups in total. The molecular weight excluding hydrogens is 787 g/mol. The Kier molecular flexibility index (Phi) is 11.6. The SMILES string of the molecule is COCOc1c(OC)c(C)cc2c1[C@@H]1C3[C@@H]4SC[C@H](NC(=O)C(C)NC(=O)OC(C)(C)C)C(=O)OC[C@@H](c5c6c(c(C)c(OC(C)=O)c54)OCO6)N3[C@@H](C#N)[C@H](C2)N1C. The van der Waals surface area contributed by atoms with Crippen LogP contribution in [0.15, 0.2) is 6.07 Å². The zero-order valence-corrected chi connectivity index (χ0v) is 35.7. The summed E-state index contributed by atoms with van der Waals surface area (Å²) < 4.78 is 47.4. The fourth-order valence-corrected chi connectivity index (χ4v) is 10.7. The summed E-state index contributed by atoms with van der Waals surface area (Å²) in [5, 5.41) is 15.8. The number of likely N-dealkylation sites (N-methyl/N-ethyl adjacent to an activating group) is 1. The number of alkyl carbamates (subject to hydrolysis) is 1. The van der Waals surface area contributed by atoms with Crippen molar-refractivity contribution in [3.8, 4) is 34.8 Å². The summed E-state index contributed by atoms with van der Waals surface area (Å²) in [5.74, 6) is 0.272. The number of nitriles is 1. The van der Waals surface area contributed by atoms with Crippen molar-refractivity contribution < 1.29 is 57.1 Å². The molecule has 2 unspecified atom stereocenters. The van der Waals surface area contributed by atoms with E-state index in [1.807, 2.05) is 14.0 Å². The van der Waals surface area contributed by atoms with Crippen molar-refractivity contribution in [3.63, 3.8) is 0 Å². The molecule has 0 aromatic heterocycles. The molecule has 318 valence electrons. The van der Waals surface area contributed by atoms with E-state index in [0.717, 1.165) is 16.7 Å². The lowest BCUT2D eigenvalue weighted by atomic mass is 9.71. The predicted octanol–water partition coefficient (Wildman–Crippen LogP) is 3.91. The first-order valence-corrected chi connectivity index (χ1v) is 20.5. The van der Waals surface area contributed by atoms with E-state index in [2.05, 4.69) is 32.6 Å². The molecule has 7 rings (SSSR count). The first-order valence-electron chi connectivity index (χ1n) is 19.4. The summed E-state index contributed by atoms with van der Waals surface area (Å²) in [5.41, 5.74) is 3.70. The van der Waals surface area contributed by atoms with Gasteiger partial charge < -0.3 is 48.5 Å². The quantitative estimate of drug-likeness (QED) is 0.220. The van der Waals surface area contributed by atoms with E-state index >= 15 is 0 Å². The normalized spacial score (nSPS) is 26.2. The Hall–Kier alpha value is -4.96. The van der Waals surface area contributed by atoms with Crippen molar-refractivity contribution >= 4 is 35.7 Å². The number of esters is 2. The number of ether oxygens (including phenoxy) is 8. The molecule has 2 saturated heterocycles. The minimum Gasteiger partial charge on any atom is -0.493 e. The molecule has 0 spiro atoms. The molecule has 17 nitrogen and oxygen atoms in total. The molecule has 0 radical (unpaired) electrons. The van der Waals surface area contributed by atoms with Crippen LogP contribution in [0.1, 0.15) is 85.3 Å². The number of aryl methyl sites for hydroxylation is 1. The Bertz CT molecular complexity index is 2100. The van der Waals surface area contributed by atoms with Crippen LogP contribution in [-0.4, -0.2) is 117 Å². The molecule has 0 aliphatic carbocycles. The van der Waals surface area contributed by atoms with Gasteiger partial charge in [0.15, 0.2) is 29.8 Å². The number of piperazine rings is 1. The molecule has 2 aromatic rings. The van der Waals surface area contributed by atoms with Gasteiger partial charge in [0.05, 0.1) is 30.5 Å². The summed E-state index contributed by atoms with van der Waals surface area (Å²) >= 11 is 1.35. The molecule has 8 atom stereocenters. The highest BCUT2D eigenvalue weighted by Crippen LogP contribution is 2.64. The first kappa shape index (κ1) is 42.2. The van der Waals surface area contributed by atoms with E-state index in [0.29, 0.717) is 46.1 Å².